The number of hydrogen-bond acceptors (Lipinski definition) is 5. The van der Waals surface area contributed by atoms with Gasteiger partial charge in [-0.15, -0.1) is 0 Å². The molecule has 1 amide bonds. The maximum atomic E-state index is 13.4. The highest BCUT2D eigenvalue weighted by molar-refractivity contribution is 6.20. The largest absolute Gasteiger partial charge is 0.492 e. The topological polar surface area (TPSA) is 104 Å². The third-order valence-corrected chi connectivity index (χ3v) is 5.73. The minimum atomic E-state index is -0.556. The summed E-state index contributed by atoms with van der Waals surface area (Å²) >= 11 is 0. The first-order chi connectivity index (χ1) is 15.5. The number of carbonyl (C=O) groups excluding carboxylic acids is 2. The molecule has 0 aliphatic heterocycles. The first-order valence-corrected chi connectivity index (χ1v) is 10.9. The van der Waals surface area contributed by atoms with E-state index in [0.717, 1.165) is 22.2 Å². The molecule has 1 aromatic heterocycles. The zero-order valence-electron chi connectivity index (χ0n) is 19.5. The van der Waals surface area contributed by atoms with Crippen molar-refractivity contribution in [1.29, 1.82) is 5.26 Å². The van der Waals surface area contributed by atoms with Crippen molar-refractivity contribution in [3.63, 3.8) is 0 Å². The van der Waals surface area contributed by atoms with E-state index in [-0.39, 0.29) is 12.4 Å². The van der Waals surface area contributed by atoms with Crippen molar-refractivity contribution in [3.05, 3.63) is 64.3 Å². The van der Waals surface area contributed by atoms with E-state index in [9.17, 15) is 14.9 Å². The number of H-pyrrole nitrogens is 1. The van der Waals surface area contributed by atoms with Gasteiger partial charge in [0.15, 0.2) is 5.78 Å². The highest BCUT2D eigenvalue weighted by Crippen LogP contribution is 2.44. The van der Waals surface area contributed by atoms with E-state index in [1.165, 1.54) is 0 Å². The summed E-state index contributed by atoms with van der Waals surface area (Å²) in [5.74, 6) is 0.570. The Bertz CT molecular complexity index is 1310. The van der Waals surface area contributed by atoms with Gasteiger partial charge in [0, 0.05) is 27.6 Å². The molecule has 1 heterocycles. The smallest absolute Gasteiger partial charge is 0.407 e. The SMILES string of the molecule is CC(C)(C)OC(=O)NCCOc1ccc2c(c1)C(C)(C)c1[nH]c3cc(C#N)ccc3c1C2=O. The van der Waals surface area contributed by atoms with Gasteiger partial charge in [-0.25, -0.2) is 4.79 Å². The number of nitrogens with zero attached hydrogens (tertiary/aromatic N) is 1. The van der Waals surface area contributed by atoms with Crippen molar-refractivity contribution in [2.24, 2.45) is 0 Å². The quantitative estimate of drug-likeness (QED) is 0.561. The summed E-state index contributed by atoms with van der Waals surface area (Å²) in [5, 5.41) is 12.7. The monoisotopic (exact) mass is 445 g/mol. The van der Waals surface area contributed by atoms with Crippen LogP contribution in [0.25, 0.3) is 10.9 Å². The van der Waals surface area contributed by atoms with Crippen LogP contribution < -0.4 is 10.1 Å². The van der Waals surface area contributed by atoms with Gasteiger partial charge in [0.05, 0.1) is 23.7 Å². The zero-order valence-corrected chi connectivity index (χ0v) is 19.5. The molecular weight excluding hydrogens is 418 g/mol. The minimum absolute atomic E-state index is 0.0478. The number of ether oxygens (including phenoxy) is 2. The van der Waals surface area contributed by atoms with Gasteiger partial charge < -0.3 is 19.8 Å². The molecule has 0 atom stereocenters. The van der Waals surface area contributed by atoms with E-state index in [2.05, 4.69) is 30.2 Å². The molecule has 1 aliphatic carbocycles. The Labute approximate surface area is 192 Å². The van der Waals surface area contributed by atoms with E-state index in [0.29, 0.717) is 29.0 Å². The number of fused-ring (bicyclic) bond motifs is 4. The molecule has 7 nitrogen and oxygen atoms in total. The predicted molar refractivity (Wildman–Crippen MR) is 125 cm³/mol. The molecular formula is C26H27N3O4. The third kappa shape index (κ3) is 4.17. The summed E-state index contributed by atoms with van der Waals surface area (Å²) in [4.78, 5) is 28.5. The maximum Gasteiger partial charge on any atom is 0.407 e. The molecule has 170 valence electrons. The fraction of sp³-hybridized carbons (Fsp3) is 0.346. The number of nitriles is 1. The van der Waals surface area contributed by atoms with Gasteiger partial charge in [-0.3, -0.25) is 4.79 Å². The molecule has 0 spiro atoms. The first-order valence-electron chi connectivity index (χ1n) is 10.9. The Balaban J connectivity index is 1.56. The number of ketones is 1. The normalized spacial score (nSPS) is 14.2. The number of hydrogen-bond donors (Lipinski definition) is 2. The molecule has 1 aliphatic rings. The average molecular weight is 446 g/mol. The second kappa shape index (κ2) is 7.96. The van der Waals surface area contributed by atoms with Crippen molar-refractivity contribution in [3.8, 4) is 11.8 Å². The van der Waals surface area contributed by atoms with Gasteiger partial charge in [0.25, 0.3) is 0 Å². The average Bonchev–Trinajstić information content (AvgIpc) is 3.14. The first kappa shape index (κ1) is 22.4. The Hall–Kier alpha value is -3.79. The van der Waals surface area contributed by atoms with Crippen LogP contribution in [0, 0.1) is 11.3 Å². The summed E-state index contributed by atoms with van der Waals surface area (Å²) in [7, 11) is 0. The van der Waals surface area contributed by atoms with Crippen LogP contribution in [0.2, 0.25) is 0 Å². The van der Waals surface area contributed by atoms with E-state index >= 15 is 0 Å². The molecule has 0 saturated carbocycles. The molecule has 0 saturated heterocycles. The molecule has 3 aromatic rings. The number of aromatic amines is 1. The lowest BCUT2D eigenvalue weighted by molar-refractivity contribution is 0.0520. The molecule has 0 radical (unpaired) electrons. The molecule has 0 bridgehead atoms. The van der Waals surface area contributed by atoms with Crippen LogP contribution in [0.5, 0.6) is 5.75 Å². The summed E-state index contributed by atoms with van der Waals surface area (Å²) in [5.41, 5.74) is 3.27. The van der Waals surface area contributed by atoms with Crippen LogP contribution in [0.15, 0.2) is 36.4 Å². The standard InChI is InChI=1S/C26H27N3O4/c1-25(2,3)33-24(31)28-10-11-32-16-7-9-17-19(13-16)26(4,5)23-21(22(17)30)18-8-6-15(14-27)12-20(18)29-23/h6-9,12-13,29H,10-11H2,1-5H3,(H,28,31). The van der Waals surface area contributed by atoms with Crippen LogP contribution in [0.1, 0.15) is 67.4 Å². The molecule has 33 heavy (non-hydrogen) atoms. The van der Waals surface area contributed by atoms with Crippen molar-refractivity contribution in [1.82, 2.24) is 10.3 Å². The Morgan fingerprint density at radius 1 is 1.18 bits per heavy atom. The summed E-state index contributed by atoms with van der Waals surface area (Å²) in [6, 6.07) is 12.9. The van der Waals surface area contributed by atoms with Crippen molar-refractivity contribution in [2.45, 2.75) is 45.6 Å². The van der Waals surface area contributed by atoms with Gasteiger partial charge in [-0.1, -0.05) is 19.9 Å². The Morgan fingerprint density at radius 2 is 1.94 bits per heavy atom. The highest BCUT2D eigenvalue weighted by Gasteiger charge is 2.39. The van der Waals surface area contributed by atoms with Crippen LogP contribution in [-0.4, -0.2) is 35.6 Å². The summed E-state index contributed by atoms with van der Waals surface area (Å²) in [6.45, 7) is 10.1. The van der Waals surface area contributed by atoms with E-state index in [1.54, 1.807) is 45.0 Å². The highest BCUT2D eigenvalue weighted by atomic mass is 16.6. The van der Waals surface area contributed by atoms with Gasteiger partial charge in [-0.05, 0) is 56.7 Å². The molecule has 2 N–H and O–H groups in total. The molecule has 2 aromatic carbocycles. The fourth-order valence-corrected chi connectivity index (χ4v) is 4.21. The lowest BCUT2D eigenvalue weighted by Gasteiger charge is -2.32. The third-order valence-electron chi connectivity index (χ3n) is 5.73. The fourth-order valence-electron chi connectivity index (χ4n) is 4.21. The molecule has 0 unspecified atom stereocenters. The van der Waals surface area contributed by atoms with Crippen molar-refractivity contribution in [2.75, 3.05) is 13.2 Å². The number of rotatable bonds is 4. The number of nitrogens with one attached hydrogen (secondary N) is 2. The predicted octanol–water partition coefficient (Wildman–Crippen LogP) is 4.81. The summed E-state index contributed by atoms with van der Waals surface area (Å²) < 4.78 is 11.0. The molecule has 7 heteroatoms. The lowest BCUT2D eigenvalue weighted by Crippen LogP contribution is -2.34. The Kier molecular flexibility index (Phi) is 5.41. The number of benzene rings is 2. The van der Waals surface area contributed by atoms with Crippen molar-refractivity contribution >= 4 is 22.8 Å². The van der Waals surface area contributed by atoms with Gasteiger partial charge in [0.1, 0.15) is 18.0 Å². The van der Waals surface area contributed by atoms with Gasteiger partial charge in [-0.2, -0.15) is 5.26 Å². The number of carbonyl (C=O) groups is 2. The van der Waals surface area contributed by atoms with E-state index in [1.807, 2.05) is 12.1 Å². The molecule has 4 rings (SSSR count). The van der Waals surface area contributed by atoms with E-state index in [4.69, 9.17) is 9.47 Å². The van der Waals surface area contributed by atoms with Gasteiger partial charge in [0.2, 0.25) is 0 Å². The van der Waals surface area contributed by atoms with Crippen molar-refractivity contribution < 1.29 is 19.1 Å². The van der Waals surface area contributed by atoms with Crippen LogP contribution in [0.4, 0.5) is 4.79 Å². The summed E-state index contributed by atoms with van der Waals surface area (Å²) in [6.07, 6.45) is -0.492. The maximum absolute atomic E-state index is 13.4. The lowest BCUT2D eigenvalue weighted by atomic mass is 9.71. The van der Waals surface area contributed by atoms with E-state index < -0.39 is 17.1 Å². The second-order valence-corrected chi connectivity index (χ2v) is 9.69. The zero-order chi connectivity index (χ0) is 24.0. The van der Waals surface area contributed by atoms with Gasteiger partial charge >= 0.3 is 6.09 Å². The van der Waals surface area contributed by atoms with Crippen LogP contribution >= 0.6 is 0 Å². The van der Waals surface area contributed by atoms with Crippen LogP contribution in [-0.2, 0) is 10.2 Å². The number of amides is 1. The van der Waals surface area contributed by atoms with Crippen LogP contribution in [0.3, 0.4) is 0 Å². The minimum Gasteiger partial charge on any atom is -0.492 e. The Morgan fingerprint density at radius 3 is 2.64 bits per heavy atom. The number of aromatic nitrogens is 1. The number of alkyl carbamates (subject to hydrolysis) is 1. The molecule has 0 fully saturated rings. The second-order valence-electron chi connectivity index (χ2n) is 9.69.